The highest BCUT2D eigenvalue weighted by atomic mass is 15.2. The molecule has 0 amide bonds. The monoisotopic (exact) mass is 197 g/mol. The molecule has 14 heavy (non-hydrogen) atoms. The Hall–Kier alpha value is -0.0400. The molecule has 1 heteroatoms. The summed E-state index contributed by atoms with van der Waals surface area (Å²) in [5.41, 5.74) is 0.349. The molecule has 0 aromatic carbocycles. The van der Waals surface area contributed by atoms with Crippen molar-refractivity contribution in [1.82, 2.24) is 4.90 Å². The molecule has 1 nitrogen and oxygen atoms in total. The van der Waals surface area contributed by atoms with Gasteiger partial charge in [-0.25, -0.2) is 0 Å². The van der Waals surface area contributed by atoms with Crippen LogP contribution in [0.3, 0.4) is 0 Å². The molecule has 1 saturated heterocycles. The summed E-state index contributed by atoms with van der Waals surface area (Å²) < 4.78 is 0. The van der Waals surface area contributed by atoms with Crippen molar-refractivity contribution in [1.29, 1.82) is 0 Å². The Morgan fingerprint density at radius 1 is 1.21 bits per heavy atom. The molecule has 0 aliphatic carbocycles. The van der Waals surface area contributed by atoms with Gasteiger partial charge in [0, 0.05) is 11.6 Å². The van der Waals surface area contributed by atoms with Crippen LogP contribution in [0.4, 0.5) is 0 Å². The third-order valence-electron chi connectivity index (χ3n) is 3.72. The number of hydrogen-bond donors (Lipinski definition) is 0. The van der Waals surface area contributed by atoms with Crippen molar-refractivity contribution >= 4 is 0 Å². The lowest BCUT2D eigenvalue weighted by molar-refractivity contribution is 0.0287. The number of rotatable bonds is 1. The van der Waals surface area contributed by atoms with Crippen LogP contribution in [0.5, 0.6) is 0 Å². The highest BCUT2D eigenvalue weighted by Crippen LogP contribution is 2.32. The van der Waals surface area contributed by atoms with Crippen LogP contribution in [0.1, 0.15) is 54.4 Å². The standard InChI is InChI=1S/C13H27N/c1-10(2)12-7-8-14(11(3)9-12)13(4,5)6/h10-12H,7-9H2,1-6H3/t11-,12-/m1/s1. The first-order valence-electron chi connectivity index (χ1n) is 6.09. The van der Waals surface area contributed by atoms with Gasteiger partial charge < -0.3 is 0 Å². The third kappa shape index (κ3) is 2.73. The molecule has 0 aromatic heterocycles. The summed E-state index contributed by atoms with van der Waals surface area (Å²) in [5, 5.41) is 0. The molecule has 1 fully saturated rings. The van der Waals surface area contributed by atoms with Crippen LogP contribution in [0.25, 0.3) is 0 Å². The van der Waals surface area contributed by atoms with E-state index in [0.717, 1.165) is 17.9 Å². The molecule has 1 aliphatic heterocycles. The van der Waals surface area contributed by atoms with E-state index >= 15 is 0 Å². The van der Waals surface area contributed by atoms with E-state index in [2.05, 4.69) is 46.4 Å². The van der Waals surface area contributed by atoms with Gasteiger partial charge in [0.25, 0.3) is 0 Å². The van der Waals surface area contributed by atoms with Gasteiger partial charge >= 0.3 is 0 Å². The molecular weight excluding hydrogens is 170 g/mol. The van der Waals surface area contributed by atoms with Crippen LogP contribution in [0.15, 0.2) is 0 Å². The molecule has 1 aliphatic rings. The van der Waals surface area contributed by atoms with Gasteiger partial charge in [0.2, 0.25) is 0 Å². The largest absolute Gasteiger partial charge is 0.296 e. The second kappa shape index (κ2) is 4.22. The van der Waals surface area contributed by atoms with Gasteiger partial charge in [-0.05, 0) is 58.9 Å². The molecule has 84 valence electrons. The Balaban J connectivity index is 2.56. The topological polar surface area (TPSA) is 3.24 Å². The lowest BCUT2D eigenvalue weighted by atomic mass is 9.81. The first-order chi connectivity index (χ1) is 6.32. The van der Waals surface area contributed by atoms with E-state index in [1.54, 1.807) is 0 Å². The highest BCUT2D eigenvalue weighted by molar-refractivity contribution is 4.87. The number of likely N-dealkylation sites (tertiary alicyclic amines) is 1. The maximum absolute atomic E-state index is 2.66. The predicted molar refractivity (Wildman–Crippen MR) is 63.5 cm³/mol. The van der Waals surface area contributed by atoms with E-state index in [-0.39, 0.29) is 0 Å². The Morgan fingerprint density at radius 3 is 2.14 bits per heavy atom. The fourth-order valence-corrected chi connectivity index (χ4v) is 2.81. The van der Waals surface area contributed by atoms with Crippen molar-refractivity contribution in [2.45, 2.75) is 66.0 Å². The fraction of sp³-hybridized carbons (Fsp3) is 1.00. The van der Waals surface area contributed by atoms with E-state index in [9.17, 15) is 0 Å². The molecule has 1 rings (SSSR count). The van der Waals surface area contributed by atoms with E-state index < -0.39 is 0 Å². The van der Waals surface area contributed by atoms with Crippen LogP contribution in [-0.4, -0.2) is 23.0 Å². The minimum Gasteiger partial charge on any atom is -0.296 e. The van der Waals surface area contributed by atoms with Crippen LogP contribution < -0.4 is 0 Å². The Kier molecular flexibility index (Phi) is 3.63. The van der Waals surface area contributed by atoms with E-state index in [0.29, 0.717) is 5.54 Å². The second-order valence-electron chi connectivity index (χ2n) is 6.24. The van der Waals surface area contributed by atoms with Crippen LogP contribution in [-0.2, 0) is 0 Å². The molecule has 0 saturated carbocycles. The van der Waals surface area contributed by atoms with Gasteiger partial charge in [-0.3, -0.25) is 4.90 Å². The Bertz CT molecular complexity index is 178. The number of nitrogens with zero attached hydrogens (tertiary/aromatic N) is 1. The van der Waals surface area contributed by atoms with Crippen LogP contribution in [0, 0.1) is 11.8 Å². The van der Waals surface area contributed by atoms with E-state index in [1.807, 2.05) is 0 Å². The highest BCUT2D eigenvalue weighted by Gasteiger charge is 2.32. The normalized spacial score (nSPS) is 31.1. The van der Waals surface area contributed by atoms with Gasteiger partial charge in [0.1, 0.15) is 0 Å². The van der Waals surface area contributed by atoms with Crippen molar-refractivity contribution in [3.05, 3.63) is 0 Å². The molecule has 0 spiro atoms. The molecule has 0 unspecified atom stereocenters. The Labute approximate surface area is 89.9 Å². The summed E-state index contributed by atoms with van der Waals surface area (Å²) >= 11 is 0. The molecule has 0 radical (unpaired) electrons. The average Bonchev–Trinajstić information content (AvgIpc) is 2.01. The maximum Gasteiger partial charge on any atom is 0.0127 e. The quantitative estimate of drug-likeness (QED) is 0.621. The van der Waals surface area contributed by atoms with Gasteiger partial charge in [-0.1, -0.05) is 13.8 Å². The zero-order chi connectivity index (χ0) is 10.9. The molecule has 0 aromatic rings. The second-order valence-corrected chi connectivity index (χ2v) is 6.24. The average molecular weight is 197 g/mol. The summed E-state index contributed by atoms with van der Waals surface area (Å²) in [5.74, 6) is 1.81. The molecule has 2 atom stereocenters. The van der Waals surface area contributed by atoms with E-state index in [1.165, 1.54) is 19.4 Å². The van der Waals surface area contributed by atoms with Gasteiger partial charge in [0.05, 0.1) is 0 Å². The SMILES string of the molecule is CC(C)[C@@H]1CCN(C(C)(C)C)[C@H](C)C1. The van der Waals surface area contributed by atoms with Crippen LogP contribution >= 0.6 is 0 Å². The number of piperidine rings is 1. The zero-order valence-corrected chi connectivity index (χ0v) is 10.8. The van der Waals surface area contributed by atoms with Crippen molar-refractivity contribution in [2.75, 3.05) is 6.54 Å². The summed E-state index contributed by atoms with van der Waals surface area (Å²) in [4.78, 5) is 2.66. The molecule has 0 bridgehead atoms. The van der Waals surface area contributed by atoms with E-state index in [4.69, 9.17) is 0 Å². The maximum atomic E-state index is 2.66. The predicted octanol–water partition coefficient (Wildman–Crippen LogP) is 3.54. The summed E-state index contributed by atoms with van der Waals surface area (Å²) in [6, 6.07) is 0.760. The first kappa shape index (κ1) is 12.0. The van der Waals surface area contributed by atoms with Gasteiger partial charge in [-0.2, -0.15) is 0 Å². The molecule has 1 heterocycles. The molecular formula is C13H27N. The first-order valence-corrected chi connectivity index (χ1v) is 6.09. The third-order valence-corrected chi connectivity index (χ3v) is 3.72. The summed E-state index contributed by atoms with van der Waals surface area (Å²) in [6.45, 7) is 15.4. The van der Waals surface area contributed by atoms with Gasteiger partial charge in [-0.15, -0.1) is 0 Å². The van der Waals surface area contributed by atoms with Gasteiger partial charge in [0.15, 0.2) is 0 Å². The number of hydrogen-bond acceptors (Lipinski definition) is 1. The van der Waals surface area contributed by atoms with Crippen molar-refractivity contribution < 1.29 is 0 Å². The smallest absolute Gasteiger partial charge is 0.0127 e. The van der Waals surface area contributed by atoms with Crippen molar-refractivity contribution in [3.8, 4) is 0 Å². The lowest BCUT2D eigenvalue weighted by Gasteiger charge is -2.46. The fourth-order valence-electron chi connectivity index (χ4n) is 2.81. The molecule has 0 N–H and O–H groups in total. The Morgan fingerprint density at radius 2 is 1.79 bits per heavy atom. The van der Waals surface area contributed by atoms with Crippen molar-refractivity contribution in [2.24, 2.45) is 11.8 Å². The minimum absolute atomic E-state index is 0.349. The van der Waals surface area contributed by atoms with Crippen LogP contribution in [0.2, 0.25) is 0 Å². The zero-order valence-electron chi connectivity index (χ0n) is 10.8. The summed E-state index contributed by atoms with van der Waals surface area (Å²) in [7, 11) is 0. The van der Waals surface area contributed by atoms with Crippen molar-refractivity contribution in [3.63, 3.8) is 0 Å². The lowest BCUT2D eigenvalue weighted by Crippen LogP contribution is -2.51. The summed E-state index contributed by atoms with van der Waals surface area (Å²) in [6.07, 6.45) is 2.77. The minimum atomic E-state index is 0.349.